The van der Waals surface area contributed by atoms with Gasteiger partial charge in [0.05, 0.1) is 16.7 Å². The number of aromatic nitrogens is 3. The van der Waals surface area contributed by atoms with E-state index < -0.39 is 28.0 Å². The summed E-state index contributed by atoms with van der Waals surface area (Å²) in [5, 5.41) is 22.2. The highest BCUT2D eigenvalue weighted by molar-refractivity contribution is 7.91. The van der Waals surface area contributed by atoms with Gasteiger partial charge in [-0.1, -0.05) is 0 Å². The lowest BCUT2D eigenvalue weighted by Crippen LogP contribution is -2.21. The number of carboxylic acid groups (broad SMARTS) is 2. The van der Waals surface area contributed by atoms with Crippen molar-refractivity contribution in [3.05, 3.63) is 46.5 Å². The summed E-state index contributed by atoms with van der Waals surface area (Å²) in [5.74, 6) is -3.98. The Morgan fingerprint density at radius 2 is 1.81 bits per heavy atom. The zero-order valence-electron chi connectivity index (χ0n) is 16.1. The van der Waals surface area contributed by atoms with E-state index in [1.165, 1.54) is 23.7 Å². The van der Waals surface area contributed by atoms with Crippen molar-refractivity contribution in [3.8, 4) is 11.1 Å². The van der Waals surface area contributed by atoms with E-state index in [0.717, 1.165) is 17.4 Å². The standard InChI is InChI=1S/C15H14N4O4S2.C2HF3O2/c1-19-7-11(6-17-19)9-2-10(15(20)21)4-12(3-9)25(22,23)14-8-24-13(5-16)18-14;3-2(4,5)1(6)7/h2-4,6-8H,5,16H2,1H3,(H,20,21);(H,6,7). The number of nitrogens with zero attached hydrogens (tertiary/aromatic N) is 3. The second-order valence-corrected chi connectivity index (χ2v) is 8.88. The van der Waals surface area contributed by atoms with Gasteiger partial charge in [0.1, 0.15) is 5.01 Å². The van der Waals surface area contributed by atoms with E-state index in [2.05, 4.69) is 10.1 Å². The number of benzene rings is 1. The van der Waals surface area contributed by atoms with Crippen LogP contribution in [0.5, 0.6) is 0 Å². The van der Waals surface area contributed by atoms with E-state index in [9.17, 15) is 31.5 Å². The molecule has 0 atom stereocenters. The molecule has 0 bridgehead atoms. The first-order chi connectivity index (χ1) is 14.8. The Morgan fingerprint density at radius 3 is 2.25 bits per heavy atom. The number of hydrogen-bond acceptors (Lipinski definition) is 8. The summed E-state index contributed by atoms with van der Waals surface area (Å²) in [6.45, 7) is 0.135. The summed E-state index contributed by atoms with van der Waals surface area (Å²) in [7, 11) is -2.24. The van der Waals surface area contributed by atoms with E-state index in [1.54, 1.807) is 17.9 Å². The SMILES string of the molecule is Cn1cc(-c2cc(C(=O)O)cc(S(=O)(=O)c3csc(CN)n3)c2)cn1.O=C(O)C(F)(F)F. The summed E-state index contributed by atoms with van der Waals surface area (Å²) in [6, 6.07) is 3.95. The average Bonchev–Trinajstić information content (AvgIpc) is 3.36. The molecule has 0 amide bonds. The van der Waals surface area contributed by atoms with Crippen molar-refractivity contribution in [1.82, 2.24) is 14.8 Å². The summed E-state index contributed by atoms with van der Waals surface area (Å²) >= 11 is 1.14. The second kappa shape index (κ2) is 9.46. The number of alkyl halides is 3. The van der Waals surface area contributed by atoms with Crippen LogP contribution in [-0.2, 0) is 28.2 Å². The fourth-order valence-corrected chi connectivity index (χ4v) is 4.53. The quantitative estimate of drug-likeness (QED) is 0.484. The highest BCUT2D eigenvalue weighted by Crippen LogP contribution is 2.28. The van der Waals surface area contributed by atoms with Crippen LogP contribution in [0.3, 0.4) is 0 Å². The Balaban J connectivity index is 0.000000451. The third kappa shape index (κ3) is 5.89. The molecule has 0 fully saturated rings. The normalized spacial score (nSPS) is 11.5. The molecule has 2 heterocycles. The molecule has 3 rings (SSSR count). The van der Waals surface area contributed by atoms with Gasteiger partial charge in [0.15, 0.2) is 5.03 Å². The van der Waals surface area contributed by atoms with Crippen LogP contribution in [0.4, 0.5) is 13.2 Å². The molecule has 15 heteroatoms. The minimum absolute atomic E-state index is 0.130. The summed E-state index contributed by atoms with van der Waals surface area (Å²) in [4.78, 5) is 24.2. The van der Waals surface area contributed by atoms with Crippen LogP contribution in [-0.4, -0.2) is 51.5 Å². The predicted molar refractivity (Wildman–Crippen MR) is 105 cm³/mol. The van der Waals surface area contributed by atoms with Crippen molar-refractivity contribution in [3.63, 3.8) is 0 Å². The molecule has 0 unspecified atom stereocenters. The van der Waals surface area contributed by atoms with Crippen molar-refractivity contribution in [2.75, 3.05) is 0 Å². The molecule has 0 saturated carbocycles. The van der Waals surface area contributed by atoms with Crippen molar-refractivity contribution >= 4 is 33.1 Å². The Labute approximate surface area is 182 Å². The molecule has 32 heavy (non-hydrogen) atoms. The van der Waals surface area contributed by atoms with Crippen LogP contribution in [0.2, 0.25) is 0 Å². The number of carboxylic acids is 2. The Kier molecular flexibility index (Phi) is 7.38. The third-order valence-corrected chi connectivity index (χ3v) is 6.36. The fraction of sp³-hybridized carbons (Fsp3) is 0.176. The van der Waals surface area contributed by atoms with Gasteiger partial charge in [0, 0.05) is 30.7 Å². The van der Waals surface area contributed by atoms with Crippen molar-refractivity contribution in [1.29, 1.82) is 0 Å². The van der Waals surface area contributed by atoms with Gasteiger partial charge < -0.3 is 15.9 Å². The largest absolute Gasteiger partial charge is 0.490 e. The van der Waals surface area contributed by atoms with Crippen LogP contribution in [0.15, 0.2) is 45.9 Å². The van der Waals surface area contributed by atoms with Gasteiger partial charge in [-0.05, 0) is 23.8 Å². The van der Waals surface area contributed by atoms with Crippen molar-refractivity contribution in [2.24, 2.45) is 12.8 Å². The van der Waals surface area contributed by atoms with Crippen LogP contribution in [0.25, 0.3) is 11.1 Å². The first-order valence-electron chi connectivity index (χ1n) is 8.32. The highest BCUT2D eigenvalue weighted by atomic mass is 32.2. The lowest BCUT2D eigenvalue weighted by molar-refractivity contribution is -0.192. The van der Waals surface area contributed by atoms with Gasteiger partial charge >= 0.3 is 18.1 Å². The average molecular weight is 492 g/mol. The zero-order valence-corrected chi connectivity index (χ0v) is 17.7. The Bertz CT molecular complexity index is 1250. The highest BCUT2D eigenvalue weighted by Gasteiger charge is 2.38. The number of thiazole rings is 1. The predicted octanol–water partition coefficient (Wildman–Crippen LogP) is 2.17. The number of sulfone groups is 1. The fourth-order valence-electron chi connectivity index (χ4n) is 2.25. The number of aryl methyl sites for hydroxylation is 1. The van der Waals surface area contributed by atoms with Gasteiger partial charge in [-0.2, -0.15) is 18.3 Å². The first kappa shape index (κ1) is 25.0. The lowest BCUT2D eigenvalue weighted by atomic mass is 10.1. The van der Waals surface area contributed by atoms with Crippen LogP contribution in [0.1, 0.15) is 15.4 Å². The maximum Gasteiger partial charge on any atom is 0.490 e. The molecule has 0 aliphatic rings. The minimum atomic E-state index is -5.08. The zero-order chi connectivity index (χ0) is 24.3. The van der Waals surface area contributed by atoms with Crippen LogP contribution in [0, 0.1) is 0 Å². The molecule has 3 aromatic rings. The minimum Gasteiger partial charge on any atom is -0.478 e. The van der Waals surface area contributed by atoms with E-state index in [0.29, 0.717) is 16.1 Å². The molecule has 0 radical (unpaired) electrons. The molecular formula is C17H15F3N4O6S2. The van der Waals surface area contributed by atoms with Crippen LogP contribution < -0.4 is 5.73 Å². The van der Waals surface area contributed by atoms with Crippen LogP contribution >= 0.6 is 11.3 Å². The third-order valence-electron chi connectivity index (χ3n) is 3.73. The molecule has 2 aromatic heterocycles. The number of aromatic carboxylic acids is 1. The number of hydrogen-bond donors (Lipinski definition) is 3. The Hall–Kier alpha value is -3.30. The topological polar surface area (TPSA) is 165 Å². The number of aliphatic carboxylic acids is 1. The summed E-state index contributed by atoms with van der Waals surface area (Å²) in [5.41, 5.74) is 6.41. The molecule has 4 N–H and O–H groups in total. The van der Waals surface area contributed by atoms with Gasteiger partial charge in [-0.3, -0.25) is 4.68 Å². The number of rotatable bonds is 5. The van der Waals surface area contributed by atoms with E-state index in [1.807, 2.05) is 0 Å². The Morgan fingerprint density at radius 1 is 1.19 bits per heavy atom. The van der Waals surface area contributed by atoms with E-state index in [4.69, 9.17) is 15.6 Å². The molecular weight excluding hydrogens is 477 g/mol. The van der Waals surface area contributed by atoms with Gasteiger partial charge in [0.25, 0.3) is 0 Å². The lowest BCUT2D eigenvalue weighted by Gasteiger charge is -2.07. The van der Waals surface area contributed by atoms with Gasteiger partial charge in [-0.15, -0.1) is 11.3 Å². The van der Waals surface area contributed by atoms with Gasteiger partial charge in [0.2, 0.25) is 9.84 Å². The van der Waals surface area contributed by atoms with Crippen molar-refractivity contribution < 1.29 is 41.4 Å². The molecule has 1 aromatic carbocycles. The van der Waals surface area contributed by atoms with E-state index in [-0.39, 0.29) is 22.0 Å². The van der Waals surface area contributed by atoms with E-state index >= 15 is 0 Å². The summed E-state index contributed by atoms with van der Waals surface area (Å²) in [6.07, 6.45) is -1.88. The maximum atomic E-state index is 12.8. The smallest absolute Gasteiger partial charge is 0.478 e. The maximum absolute atomic E-state index is 12.8. The second-order valence-electron chi connectivity index (χ2n) is 6.04. The molecule has 0 spiro atoms. The first-order valence-corrected chi connectivity index (χ1v) is 10.7. The number of halogens is 3. The molecule has 0 saturated heterocycles. The molecule has 0 aliphatic heterocycles. The monoisotopic (exact) mass is 492 g/mol. The van der Waals surface area contributed by atoms with Crippen molar-refractivity contribution in [2.45, 2.75) is 22.6 Å². The summed E-state index contributed by atoms with van der Waals surface area (Å²) < 4.78 is 58.9. The molecule has 172 valence electrons. The molecule has 0 aliphatic carbocycles. The molecule has 10 nitrogen and oxygen atoms in total. The number of carbonyl (C=O) groups is 2. The number of nitrogens with two attached hydrogens (primary N) is 1. The van der Waals surface area contributed by atoms with Gasteiger partial charge in [-0.25, -0.2) is 23.0 Å².